The number of amides is 2. The van der Waals surface area contributed by atoms with Crippen molar-refractivity contribution in [2.45, 2.75) is 0 Å². The first-order valence-electron chi connectivity index (χ1n) is 2.43. The van der Waals surface area contributed by atoms with Gasteiger partial charge in [-0.05, 0) is 0 Å². The second kappa shape index (κ2) is 3.88. The van der Waals surface area contributed by atoms with Crippen molar-refractivity contribution in [1.82, 2.24) is 5.32 Å². The lowest BCUT2D eigenvalue weighted by Crippen LogP contribution is -2.19. The van der Waals surface area contributed by atoms with Gasteiger partial charge >= 0.3 is 0 Å². The third-order valence-corrected chi connectivity index (χ3v) is 0.345. The lowest BCUT2D eigenvalue weighted by molar-refractivity contribution is 0.263. The van der Waals surface area contributed by atoms with E-state index in [0.29, 0.717) is 0 Å². The van der Waals surface area contributed by atoms with E-state index >= 15 is 0 Å². The number of nitrogens with one attached hydrogen (secondary N) is 1. The van der Waals surface area contributed by atoms with Crippen LogP contribution < -0.4 is 5.32 Å². The zero-order chi connectivity index (χ0) is 8.15. The zero-order valence-corrected chi connectivity index (χ0v) is 4.42. The summed E-state index contributed by atoms with van der Waals surface area (Å²) in [5, 5.41) is 1.73. The molecule has 42 valence electrons. The van der Waals surface area contributed by atoms with Crippen LogP contribution in [-0.2, 0) is 0 Å². The summed E-state index contributed by atoms with van der Waals surface area (Å²) in [6.07, 6.45) is -0.667. The molecule has 0 aromatic heterocycles. The van der Waals surface area contributed by atoms with Gasteiger partial charge in [0.1, 0.15) is 1.37 Å². The van der Waals surface area contributed by atoms with E-state index < -0.39 is 17.9 Å². The molecule has 0 saturated carbocycles. The standard InChI is InChI=1S/C3H2B2N2O2/c4-2(8)6-1-7-3(5)9/h1H,(H,6,7,8,9)/i1T. The predicted octanol–water partition coefficient (Wildman–Crippen LogP) is -0.819. The molecule has 9 heavy (non-hydrogen) atoms. The Labute approximate surface area is 55.9 Å². The molecule has 6 heteroatoms. The fraction of sp³-hybridized carbons (Fsp3) is 0. The predicted molar refractivity (Wildman–Crippen MR) is 33.9 cm³/mol. The Balaban J connectivity index is 3.95. The number of rotatable bonds is 0. The molecule has 2 amide bonds. The van der Waals surface area contributed by atoms with E-state index in [1.54, 1.807) is 5.32 Å². The zero-order valence-electron chi connectivity index (χ0n) is 5.42. The van der Waals surface area contributed by atoms with Gasteiger partial charge in [0.2, 0.25) is 15.7 Å². The van der Waals surface area contributed by atoms with Crippen molar-refractivity contribution >= 4 is 33.6 Å². The number of nitrogens with zero attached hydrogens (tertiary/aromatic N) is 1. The van der Waals surface area contributed by atoms with Crippen molar-refractivity contribution in [2.24, 2.45) is 4.99 Å². The first-order chi connectivity index (χ1) is 4.52. The van der Waals surface area contributed by atoms with Crippen LogP contribution in [0.5, 0.6) is 0 Å². The quantitative estimate of drug-likeness (QED) is 0.259. The summed E-state index contributed by atoms with van der Waals surface area (Å²) in [5.74, 6) is -2.02. The maximum atomic E-state index is 9.95. The lowest BCUT2D eigenvalue weighted by atomic mass is 10.1. The normalized spacial score (nSPS) is 12.0. The van der Waals surface area contributed by atoms with Gasteiger partial charge in [-0.15, -0.1) is 0 Å². The van der Waals surface area contributed by atoms with E-state index in [4.69, 9.17) is 1.37 Å². The molecule has 0 bridgehead atoms. The van der Waals surface area contributed by atoms with Crippen molar-refractivity contribution in [3.05, 3.63) is 0 Å². The molecule has 0 heterocycles. The first-order valence-corrected chi connectivity index (χ1v) is 1.93. The van der Waals surface area contributed by atoms with Crippen LogP contribution in [0.2, 0.25) is 0 Å². The van der Waals surface area contributed by atoms with Crippen LogP contribution in [-0.4, -0.2) is 33.6 Å². The molecule has 1 N–H and O–H groups in total. The molecule has 0 aromatic carbocycles. The van der Waals surface area contributed by atoms with Gasteiger partial charge in [-0.25, -0.2) is 4.99 Å². The van der Waals surface area contributed by atoms with Gasteiger partial charge in [-0.2, -0.15) is 0 Å². The van der Waals surface area contributed by atoms with Gasteiger partial charge in [-0.1, -0.05) is 0 Å². The number of amidine groups is 1. The largest absolute Gasteiger partial charge is 0.327 e. The molecule has 0 aromatic rings. The number of carbonyl (C=O) groups is 2. The van der Waals surface area contributed by atoms with Crippen LogP contribution in [0.3, 0.4) is 0 Å². The van der Waals surface area contributed by atoms with Crippen LogP contribution >= 0.6 is 0 Å². The number of carbonyl (C=O) groups excluding carboxylic acids is 2. The van der Waals surface area contributed by atoms with Gasteiger partial charge in [0, 0.05) is 0 Å². The van der Waals surface area contributed by atoms with Gasteiger partial charge in [-0.3, -0.25) is 9.59 Å². The average molecular weight is 122 g/mol. The molecular weight excluding hydrogens is 118 g/mol. The molecular formula is C3H2B2N2O2. The summed E-state index contributed by atoms with van der Waals surface area (Å²) in [5.41, 5.74) is 0. The van der Waals surface area contributed by atoms with E-state index in [1.807, 2.05) is 0 Å². The lowest BCUT2D eigenvalue weighted by Gasteiger charge is -1.87. The highest BCUT2D eigenvalue weighted by Gasteiger charge is 1.83. The van der Waals surface area contributed by atoms with Gasteiger partial charge < -0.3 is 5.32 Å². The van der Waals surface area contributed by atoms with Crippen molar-refractivity contribution < 1.29 is 11.0 Å². The summed E-state index contributed by atoms with van der Waals surface area (Å²) >= 11 is 0. The highest BCUT2D eigenvalue weighted by Crippen LogP contribution is 1.64. The van der Waals surface area contributed by atoms with Crippen LogP contribution in [0.4, 0.5) is 9.59 Å². The van der Waals surface area contributed by atoms with Crippen LogP contribution in [0, 0.1) is 0 Å². The van der Waals surface area contributed by atoms with Crippen molar-refractivity contribution in [1.29, 1.82) is 0 Å². The summed E-state index contributed by atoms with van der Waals surface area (Å²) in [6, 6.07) is 0. The summed E-state index contributed by atoms with van der Waals surface area (Å²) in [4.78, 5) is 22.7. The molecule has 0 atom stereocenters. The third kappa shape index (κ3) is 6.94. The second-order valence-electron chi connectivity index (χ2n) is 1.05. The topological polar surface area (TPSA) is 58.5 Å². The van der Waals surface area contributed by atoms with Crippen molar-refractivity contribution in [3.63, 3.8) is 0 Å². The average Bonchev–Trinajstić information content (AvgIpc) is 1.58. The minimum atomic E-state index is -1.06. The Hall–Kier alpha value is -1.06. The fourth-order valence-electron chi connectivity index (χ4n) is 0.138. The minimum Gasteiger partial charge on any atom is -0.327 e. The highest BCUT2D eigenvalue weighted by atomic mass is 16.1. The SMILES string of the molecule is [3H]C(=NC([B])=O)NC([B])=O. The molecule has 0 aliphatic carbocycles. The highest BCUT2D eigenvalue weighted by molar-refractivity contribution is 6.59. The maximum absolute atomic E-state index is 9.95. The molecule has 0 fully saturated rings. The monoisotopic (exact) mass is 122 g/mol. The van der Waals surface area contributed by atoms with Crippen LogP contribution in [0.15, 0.2) is 4.99 Å². The molecule has 0 saturated heterocycles. The van der Waals surface area contributed by atoms with Gasteiger partial charge in [0.05, 0.1) is 6.31 Å². The van der Waals surface area contributed by atoms with E-state index in [0.717, 1.165) is 0 Å². The first kappa shape index (κ1) is 6.07. The molecule has 0 aliphatic rings. The second-order valence-corrected chi connectivity index (χ2v) is 1.05. The number of hydrogen-bond acceptors (Lipinski definition) is 2. The van der Waals surface area contributed by atoms with Gasteiger partial charge in [0.25, 0.3) is 0 Å². The molecule has 0 spiro atoms. The number of aliphatic imine (C=N–C) groups is 1. The van der Waals surface area contributed by atoms with Crippen LogP contribution in [0.25, 0.3) is 0 Å². The van der Waals surface area contributed by atoms with Gasteiger partial charge in [0.15, 0.2) is 11.6 Å². The van der Waals surface area contributed by atoms with E-state index in [1.165, 1.54) is 0 Å². The molecule has 0 rings (SSSR count). The molecule has 0 unspecified atom stereocenters. The Kier molecular flexibility index (Phi) is 2.62. The van der Waals surface area contributed by atoms with Crippen LogP contribution in [0.1, 0.15) is 1.37 Å². The van der Waals surface area contributed by atoms with Crippen molar-refractivity contribution in [2.75, 3.05) is 0 Å². The van der Waals surface area contributed by atoms with E-state index in [2.05, 4.69) is 20.7 Å². The Morgan fingerprint density at radius 3 is 2.56 bits per heavy atom. The Bertz CT molecular complexity index is 193. The molecule has 0 aliphatic heterocycles. The molecule has 4 nitrogen and oxygen atoms in total. The maximum Gasteiger partial charge on any atom is 0.203 e. The third-order valence-electron chi connectivity index (χ3n) is 0.345. The number of hydrogen-bond donors (Lipinski definition) is 1. The summed E-state index contributed by atoms with van der Waals surface area (Å²) in [6.45, 7) is 0. The smallest absolute Gasteiger partial charge is 0.203 e. The molecule has 4 radical (unpaired) electrons. The van der Waals surface area contributed by atoms with E-state index in [9.17, 15) is 9.59 Å². The fourth-order valence-corrected chi connectivity index (χ4v) is 0.138. The summed E-state index contributed by atoms with van der Waals surface area (Å²) < 4.78 is 6.67. The van der Waals surface area contributed by atoms with E-state index in [-0.39, 0.29) is 0 Å². The summed E-state index contributed by atoms with van der Waals surface area (Å²) in [7, 11) is 9.10. The Morgan fingerprint density at radius 1 is 1.67 bits per heavy atom. The Morgan fingerprint density at radius 2 is 2.22 bits per heavy atom. The van der Waals surface area contributed by atoms with Crippen molar-refractivity contribution in [3.8, 4) is 0 Å². The minimum absolute atomic E-state index is 0.667.